The third-order valence-electron chi connectivity index (χ3n) is 14.4. The standard InChI is InChI=1S/C69H52N4/c1-47-17-10-26-53(41-47)70(65-34-13-23-50-20-4-7-31-60(50)65)56-29-16-30-57(44-56)73-68-39-37-58(71(54-27-11-18-48(2)42-54)66-35-14-24-51-21-5-8-32-61(51)66)45-63(68)64-46-59(38-40-69(64)73)72(55-28-12-19-49(3)43-55)67-36-15-25-52-22-6-9-33-62(52)67/h4-46H,1-3H3. The van der Waals surface area contributed by atoms with Crippen molar-refractivity contribution in [2.24, 2.45) is 0 Å². The lowest BCUT2D eigenvalue weighted by atomic mass is 10.0. The van der Waals surface area contributed by atoms with E-state index in [0.29, 0.717) is 0 Å². The van der Waals surface area contributed by atoms with Crippen molar-refractivity contribution in [3.05, 3.63) is 278 Å². The van der Waals surface area contributed by atoms with Crippen LogP contribution in [-0.2, 0) is 0 Å². The van der Waals surface area contributed by atoms with Gasteiger partial charge in [-0.3, -0.25) is 0 Å². The van der Waals surface area contributed by atoms with E-state index in [4.69, 9.17) is 0 Å². The molecule has 1 heterocycles. The van der Waals surface area contributed by atoms with E-state index >= 15 is 0 Å². The van der Waals surface area contributed by atoms with Crippen LogP contribution in [0.4, 0.5) is 51.2 Å². The molecule has 13 rings (SSSR count). The van der Waals surface area contributed by atoms with Crippen molar-refractivity contribution in [1.29, 1.82) is 0 Å². The summed E-state index contributed by atoms with van der Waals surface area (Å²) in [5, 5.41) is 9.51. The highest BCUT2D eigenvalue weighted by atomic mass is 15.2. The molecule has 4 heteroatoms. The minimum atomic E-state index is 1.07. The minimum Gasteiger partial charge on any atom is -0.310 e. The molecule has 0 bridgehead atoms. The van der Waals surface area contributed by atoms with Crippen molar-refractivity contribution >= 4 is 105 Å². The monoisotopic (exact) mass is 936 g/mol. The van der Waals surface area contributed by atoms with Gasteiger partial charge in [-0.2, -0.15) is 0 Å². The number of fused-ring (bicyclic) bond motifs is 6. The number of nitrogens with zero attached hydrogens (tertiary/aromatic N) is 4. The molecular weight excluding hydrogens is 885 g/mol. The Bertz CT molecular complexity index is 4040. The second-order valence-corrected chi connectivity index (χ2v) is 19.3. The van der Waals surface area contributed by atoms with Gasteiger partial charge in [0.15, 0.2) is 0 Å². The Morgan fingerprint density at radius 1 is 0.247 bits per heavy atom. The average Bonchev–Trinajstić information content (AvgIpc) is 3.75. The van der Waals surface area contributed by atoms with E-state index in [2.05, 4.69) is 301 Å². The van der Waals surface area contributed by atoms with Gasteiger partial charge in [-0.1, -0.05) is 152 Å². The molecule has 0 atom stereocenters. The van der Waals surface area contributed by atoms with E-state index in [-0.39, 0.29) is 0 Å². The fraction of sp³-hybridized carbons (Fsp3) is 0.0435. The predicted octanol–water partition coefficient (Wildman–Crippen LogP) is 19.6. The predicted molar refractivity (Wildman–Crippen MR) is 312 cm³/mol. The summed E-state index contributed by atoms with van der Waals surface area (Å²) in [6.07, 6.45) is 0. The zero-order valence-corrected chi connectivity index (χ0v) is 41.1. The zero-order valence-electron chi connectivity index (χ0n) is 41.1. The lowest BCUT2D eigenvalue weighted by Crippen LogP contribution is -2.11. The van der Waals surface area contributed by atoms with E-state index < -0.39 is 0 Å². The molecule has 0 unspecified atom stereocenters. The van der Waals surface area contributed by atoms with E-state index in [9.17, 15) is 0 Å². The molecule has 0 saturated carbocycles. The molecule has 1 aromatic heterocycles. The highest BCUT2D eigenvalue weighted by Crippen LogP contribution is 2.46. The van der Waals surface area contributed by atoms with E-state index in [1.807, 2.05) is 0 Å². The number of hydrogen-bond acceptors (Lipinski definition) is 3. The van der Waals surface area contributed by atoms with Gasteiger partial charge in [0, 0.05) is 66.7 Å². The van der Waals surface area contributed by atoms with Gasteiger partial charge in [-0.15, -0.1) is 0 Å². The van der Waals surface area contributed by atoms with Crippen LogP contribution in [0.3, 0.4) is 0 Å². The second kappa shape index (κ2) is 18.1. The largest absolute Gasteiger partial charge is 0.310 e. The summed E-state index contributed by atoms with van der Waals surface area (Å²) in [5.41, 5.74) is 16.9. The van der Waals surface area contributed by atoms with Crippen molar-refractivity contribution in [3.63, 3.8) is 0 Å². The molecule has 12 aromatic carbocycles. The summed E-state index contributed by atoms with van der Waals surface area (Å²) in [5.74, 6) is 0. The summed E-state index contributed by atoms with van der Waals surface area (Å²) < 4.78 is 2.46. The molecule has 0 saturated heterocycles. The summed E-state index contributed by atoms with van der Waals surface area (Å²) in [6.45, 7) is 6.52. The number of benzene rings is 12. The van der Waals surface area contributed by atoms with Crippen molar-refractivity contribution in [2.45, 2.75) is 20.8 Å². The smallest absolute Gasteiger partial charge is 0.0542 e. The van der Waals surface area contributed by atoms with Crippen molar-refractivity contribution in [2.75, 3.05) is 14.7 Å². The van der Waals surface area contributed by atoms with Crippen LogP contribution < -0.4 is 14.7 Å². The molecule has 348 valence electrons. The topological polar surface area (TPSA) is 14.7 Å². The van der Waals surface area contributed by atoms with E-state index in [1.165, 1.54) is 49.0 Å². The van der Waals surface area contributed by atoms with E-state index in [1.54, 1.807) is 0 Å². The van der Waals surface area contributed by atoms with Gasteiger partial charge in [0.25, 0.3) is 0 Å². The van der Waals surface area contributed by atoms with Crippen molar-refractivity contribution in [1.82, 2.24) is 4.57 Å². The molecule has 0 fully saturated rings. The van der Waals surface area contributed by atoms with Crippen molar-refractivity contribution in [3.8, 4) is 5.69 Å². The van der Waals surface area contributed by atoms with Crippen LogP contribution in [0, 0.1) is 20.8 Å². The summed E-state index contributed by atoms with van der Waals surface area (Å²) in [6, 6.07) is 95.7. The van der Waals surface area contributed by atoms with Gasteiger partial charge in [0.05, 0.1) is 28.1 Å². The van der Waals surface area contributed by atoms with Gasteiger partial charge in [0.2, 0.25) is 0 Å². The van der Waals surface area contributed by atoms with Crippen LogP contribution in [-0.4, -0.2) is 4.57 Å². The Kier molecular flexibility index (Phi) is 10.8. The maximum atomic E-state index is 2.46. The van der Waals surface area contributed by atoms with Crippen LogP contribution in [0.15, 0.2) is 261 Å². The normalized spacial score (nSPS) is 11.5. The number of aromatic nitrogens is 1. The fourth-order valence-electron chi connectivity index (χ4n) is 11.1. The van der Waals surface area contributed by atoms with Crippen molar-refractivity contribution < 1.29 is 0 Å². The highest BCUT2D eigenvalue weighted by Gasteiger charge is 2.23. The molecule has 0 radical (unpaired) electrons. The SMILES string of the molecule is Cc1cccc(N(c2cccc(-n3c4ccc(N(c5cccc(C)c5)c5cccc6ccccc56)cc4c4cc(N(c5cccc(C)c5)c5cccc6ccccc56)ccc43)c2)c2cccc3ccccc23)c1. The van der Waals surface area contributed by atoms with Crippen LogP contribution in [0.25, 0.3) is 59.8 Å². The Morgan fingerprint density at radius 2 is 0.562 bits per heavy atom. The highest BCUT2D eigenvalue weighted by molar-refractivity contribution is 6.13. The molecule has 0 spiro atoms. The Balaban J connectivity index is 1.08. The molecule has 73 heavy (non-hydrogen) atoms. The number of hydrogen-bond donors (Lipinski definition) is 0. The van der Waals surface area contributed by atoms with E-state index in [0.717, 1.165) is 78.7 Å². The Morgan fingerprint density at radius 3 is 0.945 bits per heavy atom. The van der Waals surface area contributed by atoms with Gasteiger partial charge < -0.3 is 19.3 Å². The van der Waals surface area contributed by atoms with Gasteiger partial charge in [-0.05, 0) is 163 Å². The zero-order chi connectivity index (χ0) is 49.0. The summed E-state index contributed by atoms with van der Waals surface area (Å²) in [4.78, 5) is 7.28. The Hall–Kier alpha value is -9.38. The first-order valence-corrected chi connectivity index (χ1v) is 25.2. The summed E-state index contributed by atoms with van der Waals surface area (Å²) >= 11 is 0. The lowest BCUT2D eigenvalue weighted by Gasteiger charge is -2.28. The number of aryl methyl sites for hydroxylation is 3. The lowest BCUT2D eigenvalue weighted by molar-refractivity contribution is 1.17. The maximum Gasteiger partial charge on any atom is 0.0542 e. The van der Waals surface area contributed by atoms with Gasteiger partial charge >= 0.3 is 0 Å². The molecule has 0 N–H and O–H groups in total. The fourth-order valence-corrected chi connectivity index (χ4v) is 11.1. The first-order chi connectivity index (χ1) is 35.9. The minimum absolute atomic E-state index is 1.07. The van der Waals surface area contributed by atoms with Crippen LogP contribution in [0.1, 0.15) is 16.7 Å². The van der Waals surface area contributed by atoms with Gasteiger partial charge in [-0.25, -0.2) is 0 Å². The maximum absolute atomic E-state index is 2.46. The number of anilines is 9. The molecule has 0 aliphatic rings. The van der Waals surface area contributed by atoms with Crippen LogP contribution >= 0.6 is 0 Å². The average molecular weight is 937 g/mol. The molecule has 0 aliphatic carbocycles. The van der Waals surface area contributed by atoms with Crippen LogP contribution in [0.2, 0.25) is 0 Å². The number of rotatable bonds is 10. The third-order valence-corrected chi connectivity index (χ3v) is 14.4. The van der Waals surface area contributed by atoms with Crippen LogP contribution in [0.5, 0.6) is 0 Å². The Labute approximate surface area is 426 Å². The summed E-state index contributed by atoms with van der Waals surface area (Å²) in [7, 11) is 0. The molecule has 0 aliphatic heterocycles. The third kappa shape index (κ3) is 7.81. The molecular formula is C69H52N4. The molecule has 13 aromatic rings. The molecule has 0 amide bonds. The first kappa shape index (κ1) is 43.6. The first-order valence-electron chi connectivity index (χ1n) is 25.2. The quantitative estimate of drug-likeness (QED) is 0.136. The molecule has 4 nitrogen and oxygen atoms in total. The second-order valence-electron chi connectivity index (χ2n) is 19.3. The van der Waals surface area contributed by atoms with Gasteiger partial charge in [0.1, 0.15) is 0 Å².